The van der Waals surface area contributed by atoms with Gasteiger partial charge >= 0.3 is 5.97 Å². The first kappa shape index (κ1) is 24.2. The minimum absolute atomic E-state index is 0.0762. The van der Waals surface area contributed by atoms with Gasteiger partial charge in [-0.3, -0.25) is 14.2 Å². The molecule has 0 atom stereocenters. The number of rotatable bonds is 6. The van der Waals surface area contributed by atoms with Crippen molar-refractivity contribution >= 4 is 50.7 Å². The summed E-state index contributed by atoms with van der Waals surface area (Å²) in [7, 11) is 1.48. The molecule has 0 unspecified atom stereocenters. The predicted octanol–water partition coefficient (Wildman–Crippen LogP) is 4.87. The number of fused-ring (bicyclic) bond motifs is 1. The molecule has 0 bridgehead atoms. The van der Waals surface area contributed by atoms with E-state index >= 15 is 0 Å². The summed E-state index contributed by atoms with van der Waals surface area (Å²) in [6.45, 7) is 3.28. The maximum absolute atomic E-state index is 13.1. The topological polar surface area (TPSA) is 99.5 Å². The lowest BCUT2D eigenvalue weighted by Crippen LogP contribution is -2.28. The van der Waals surface area contributed by atoms with Crippen LogP contribution in [0.25, 0.3) is 10.2 Å². The average molecular weight is 504 g/mol. The van der Waals surface area contributed by atoms with Gasteiger partial charge in [0.05, 0.1) is 24.5 Å². The quantitative estimate of drug-likeness (QED) is 0.482. The zero-order valence-corrected chi connectivity index (χ0v) is 20.8. The Labute approximate surface area is 205 Å². The van der Waals surface area contributed by atoms with E-state index in [1.165, 1.54) is 18.0 Å². The first-order valence-electron chi connectivity index (χ1n) is 11.1. The number of nitrogens with one attached hydrogen (secondary N) is 1. The number of nitrogens with zero attached hydrogens (tertiary/aromatic N) is 2. The van der Waals surface area contributed by atoms with Gasteiger partial charge in [0.25, 0.3) is 5.56 Å². The Balaban J connectivity index is 1.55. The van der Waals surface area contributed by atoms with Crippen molar-refractivity contribution < 1.29 is 19.1 Å². The smallest absolute Gasteiger partial charge is 0.348 e. The van der Waals surface area contributed by atoms with Crippen LogP contribution in [0.2, 0.25) is 5.02 Å². The predicted molar refractivity (Wildman–Crippen MR) is 132 cm³/mol. The second-order valence-corrected chi connectivity index (χ2v) is 9.84. The van der Waals surface area contributed by atoms with Crippen molar-refractivity contribution in [3.8, 4) is 5.75 Å². The van der Waals surface area contributed by atoms with Gasteiger partial charge in [-0.25, -0.2) is 9.78 Å². The molecule has 1 saturated carbocycles. The Bertz CT molecular complexity index is 1310. The third-order valence-corrected chi connectivity index (χ3v) is 7.58. The van der Waals surface area contributed by atoms with E-state index in [9.17, 15) is 14.4 Å². The van der Waals surface area contributed by atoms with Crippen molar-refractivity contribution in [3.63, 3.8) is 0 Å². The molecule has 1 amide bonds. The Hall–Kier alpha value is -2.91. The number of esters is 1. The van der Waals surface area contributed by atoms with Crippen molar-refractivity contribution in [2.45, 2.75) is 58.6 Å². The number of benzene rings is 1. The van der Waals surface area contributed by atoms with Crippen molar-refractivity contribution in [2.75, 3.05) is 12.4 Å². The van der Waals surface area contributed by atoms with E-state index < -0.39 is 11.9 Å². The van der Waals surface area contributed by atoms with Crippen LogP contribution < -0.4 is 15.6 Å². The minimum atomic E-state index is -0.423. The maximum atomic E-state index is 13.1. The second kappa shape index (κ2) is 10.1. The standard InChI is InChI=1S/C24H26ClN3O5S/c1-13-9-17(18(32-3)10-16(13)25)27-19(29)11-28-12-26-22-20(23(28)30)14(2)21(34-22)24(31)33-15-7-5-4-6-8-15/h9-10,12,15H,4-8,11H2,1-3H3,(H,27,29). The molecule has 0 spiro atoms. The summed E-state index contributed by atoms with van der Waals surface area (Å²) in [4.78, 5) is 43.8. The molecule has 2 aromatic heterocycles. The molecule has 1 aliphatic rings. The Morgan fingerprint density at radius 3 is 2.68 bits per heavy atom. The van der Waals surface area contributed by atoms with Crippen LogP contribution in [0.1, 0.15) is 52.9 Å². The number of aryl methyl sites for hydroxylation is 2. The Morgan fingerprint density at radius 1 is 1.24 bits per heavy atom. The van der Waals surface area contributed by atoms with E-state index in [1.807, 2.05) is 6.92 Å². The number of thiophene rings is 1. The van der Waals surface area contributed by atoms with Crippen LogP contribution in [0.4, 0.5) is 5.69 Å². The summed E-state index contributed by atoms with van der Waals surface area (Å²) in [5, 5.41) is 3.60. The number of amides is 1. The lowest BCUT2D eigenvalue weighted by molar-refractivity contribution is -0.116. The molecule has 0 radical (unpaired) electrons. The highest BCUT2D eigenvalue weighted by Gasteiger charge is 2.24. The zero-order chi connectivity index (χ0) is 24.4. The molecule has 10 heteroatoms. The largest absolute Gasteiger partial charge is 0.495 e. The van der Waals surface area contributed by atoms with Gasteiger partial charge in [-0.2, -0.15) is 0 Å². The van der Waals surface area contributed by atoms with Crippen LogP contribution in [0, 0.1) is 13.8 Å². The van der Waals surface area contributed by atoms with Crippen molar-refractivity contribution in [1.29, 1.82) is 0 Å². The van der Waals surface area contributed by atoms with Crippen molar-refractivity contribution in [1.82, 2.24) is 9.55 Å². The van der Waals surface area contributed by atoms with E-state index in [0.29, 0.717) is 37.1 Å². The fraction of sp³-hybridized carbons (Fsp3) is 0.417. The van der Waals surface area contributed by atoms with Gasteiger partial charge in [0.1, 0.15) is 28.1 Å². The second-order valence-electron chi connectivity index (χ2n) is 8.43. The third-order valence-electron chi connectivity index (χ3n) is 6.00. The van der Waals surface area contributed by atoms with Crippen molar-refractivity contribution in [3.05, 3.63) is 49.8 Å². The van der Waals surface area contributed by atoms with E-state index in [1.54, 1.807) is 19.1 Å². The number of carbonyl (C=O) groups is 2. The first-order valence-corrected chi connectivity index (χ1v) is 12.3. The van der Waals surface area contributed by atoms with E-state index in [0.717, 1.165) is 49.0 Å². The summed E-state index contributed by atoms with van der Waals surface area (Å²) in [6, 6.07) is 3.32. The summed E-state index contributed by atoms with van der Waals surface area (Å²) in [6.07, 6.45) is 6.26. The van der Waals surface area contributed by atoms with Crippen LogP contribution >= 0.6 is 22.9 Å². The van der Waals surface area contributed by atoms with Gasteiger partial charge in [-0.1, -0.05) is 18.0 Å². The summed E-state index contributed by atoms with van der Waals surface area (Å²) in [5.41, 5.74) is 1.38. The number of hydrogen-bond acceptors (Lipinski definition) is 7. The molecule has 1 aliphatic carbocycles. The van der Waals surface area contributed by atoms with Crippen LogP contribution in [0.5, 0.6) is 5.75 Å². The fourth-order valence-corrected chi connectivity index (χ4v) is 5.30. The molecule has 8 nitrogen and oxygen atoms in total. The van der Waals surface area contributed by atoms with Gasteiger partial charge in [0.15, 0.2) is 0 Å². The van der Waals surface area contributed by atoms with E-state index in [-0.39, 0.29) is 18.2 Å². The molecule has 1 fully saturated rings. The van der Waals surface area contributed by atoms with E-state index in [4.69, 9.17) is 21.1 Å². The van der Waals surface area contributed by atoms with Crippen LogP contribution in [0.3, 0.4) is 0 Å². The molecule has 4 rings (SSSR count). The molecule has 180 valence electrons. The number of anilines is 1. The number of ether oxygens (including phenoxy) is 2. The molecule has 3 aromatic rings. The molecular weight excluding hydrogens is 478 g/mol. The average Bonchev–Trinajstić information content (AvgIpc) is 3.16. The van der Waals surface area contributed by atoms with Gasteiger partial charge < -0.3 is 14.8 Å². The fourth-order valence-electron chi connectivity index (χ4n) is 4.13. The van der Waals surface area contributed by atoms with E-state index in [2.05, 4.69) is 10.3 Å². The zero-order valence-electron chi connectivity index (χ0n) is 19.3. The van der Waals surface area contributed by atoms with Crippen LogP contribution in [-0.2, 0) is 16.1 Å². The number of methoxy groups -OCH3 is 1. The highest BCUT2D eigenvalue weighted by Crippen LogP contribution is 2.31. The highest BCUT2D eigenvalue weighted by atomic mass is 35.5. The lowest BCUT2D eigenvalue weighted by Gasteiger charge is -2.21. The third kappa shape index (κ3) is 4.95. The van der Waals surface area contributed by atoms with Crippen LogP contribution in [0.15, 0.2) is 23.3 Å². The highest BCUT2D eigenvalue weighted by molar-refractivity contribution is 7.20. The van der Waals surface area contributed by atoms with Gasteiger partial charge in [0, 0.05) is 11.1 Å². The molecule has 2 heterocycles. The lowest BCUT2D eigenvalue weighted by atomic mass is 9.98. The summed E-state index contributed by atoms with van der Waals surface area (Å²) >= 11 is 7.27. The maximum Gasteiger partial charge on any atom is 0.348 e. The monoisotopic (exact) mass is 503 g/mol. The minimum Gasteiger partial charge on any atom is -0.495 e. The number of hydrogen-bond donors (Lipinski definition) is 1. The number of carbonyl (C=O) groups excluding carboxylic acids is 2. The van der Waals surface area contributed by atoms with Gasteiger partial charge in [-0.15, -0.1) is 11.3 Å². The molecule has 1 N–H and O–H groups in total. The van der Waals surface area contributed by atoms with Crippen molar-refractivity contribution in [2.24, 2.45) is 0 Å². The number of aromatic nitrogens is 2. The van der Waals surface area contributed by atoms with Crippen LogP contribution in [-0.4, -0.2) is 34.6 Å². The normalized spacial score (nSPS) is 14.2. The first-order chi connectivity index (χ1) is 16.3. The summed E-state index contributed by atoms with van der Waals surface area (Å²) < 4.78 is 12.2. The molecule has 0 saturated heterocycles. The molecule has 1 aromatic carbocycles. The van der Waals surface area contributed by atoms with Gasteiger partial charge in [-0.05, 0) is 56.7 Å². The number of halogens is 1. The Morgan fingerprint density at radius 2 is 1.97 bits per heavy atom. The molecule has 0 aliphatic heterocycles. The summed E-state index contributed by atoms with van der Waals surface area (Å²) in [5.74, 6) is -0.422. The molecule has 34 heavy (non-hydrogen) atoms. The Kier molecular flexibility index (Phi) is 7.23. The SMILES string of the molecule is COc1cc(Cl)c(C)cc1NC(=O)Cn1cnc2sc(C(=O)OC3CCCCC3)c(C)c2c1=O. The van der Waals surface area contributed by atoms with Gasteiger partial charge in [0.2, 0.25) is 5.91 Å². The molecular formula is C24H26ClN3O5S.